The summed E-state index contributed by atoms with van der Waals surface area (Å²) in [6.45, 7) is 9.92. The van der Waals surface area contributed by atoms with Crippen molar-refractivity contribution in [3.8, 4) is 0 Å². The highest BCUT2D eigenvalue weighted by molar-refractivity contribution is 5.91. The number of epoxide rings is 1. The van der Waals surface area contributed by atoms with Gasteiger partial charge in [0.1, 0.15) is 17.8 Å². The fraction of sp³-hybridized carbons (Fsp3) is 0.727. The molecule has 3 rings (SSSR count). The molecule has 0 unspecified atom stereocenters. The minimum Gasteiger partial charge on any atom is -0.458 e. The molecule has 1 aliphatic carbocycles. The van der Waals surface area contributed by atoms with E-state index in [4.69, 9.17) is 14.2 Å². The number of carbonyl (C=O) groups excluding carboxylic acids is 2. The standard InChI is InChI=1S/C22H32O6/c1-13-7-5-9-14(2)19(27-16(4)23)20-17(15(3)21(25)28-20)11-18(24)22(12-26-22)10-6-8-13/h8,14,17-20,24H,3,5-7,9-12H2,1-2,4H3/b13-8+/t14-,17-,18+,19+,20+,22-/m0/s1. The largest absolute Gasteiger partial charge is 0.458 e. The first-order chi connectivity index (χ1) is 13.2. The zero-order valence-corrected chi connectivity index (χ0v) is 17.1. The van der Waals surface area contributed by atoms with Crippen LogP contribution in [-0.4, -0.2) is 47.6 Å². The number of fused-ring (bicyclic) bond motifs is 1. The van der Waals surface area contributed by atoms with E-state index >= 15 is 0 Å². The second-order valence-electron chi connectivity index (χ2n) is 8.64. The summed E-state index contributed by atoms with van der Waals surface area (Å²) >= 11 is 0. The highest BCUT2D eigenvalue weighted by Crippen LogP contribution is 2.43. The molecule has 1 spiro atoms. The summed E-state index contributed by atoms with van der Waals surface area (Å²) in [4.78, 5) is 24.0. The topological polar surface area (TPSA) is 85.4 Å². The normalized spacial score (nSPS) is 41.4. The Morgan fingerprint density at radius 2 is 2.14 bits per heavy atom. The number of hydrogen-bond acceptors (Lipinski definition) is 6. The average molecular weight is 392 g/mol. The quantitative estimate of drug-likeness (QED) is 0.319. The highest BCUT2D eigenvalue weighted by Gasteiger charge is 2.54. The van der Waals surface area contributed by atoms with Crippen molar-refractivity contribution in [1.82, 2.24) is 0 Å². The Hall–Kier alpha value is -1.66. The van der Waals surface area contributed by atoms with Crippen LogP contribution in [-0.2, 0) is 23.8 Å². The van der Waals surface area contributed by atoms with Gasteiger partial charge in [-0.2, -0.15) is 0 Å². The van der Waals surface area contributed by atoms with Crippen molar-refractivity contribution in [2.24, 2.45) is 11.8 Å². The van der Waals surface area contributed by atoms with Crippen LogP contribution in [0.4, 0.5) is 0 Å². The smallest absolute Gasteiger partial charge is 0.334 e. The van der Waals surface area contributed by atoms with Gasteiger partial charge < -0.3 is 19.3 Å². The van der Waals surface area contributed by atoms with Gasteiger partial charge in [-0.25, -0.2) is 4.79 Å². The molecule has 2 saturated heterocycles. The predicted molar refractivity (Wildman–Crippen MR) is 103 cm³/mol. The fourth-order valence-corrected chi connectivity index (χ4v) is 4.49. The van der Waals surface area contributed by atoms with E-state index < -0.39 is 41.8 Å². The molecule has 0 aromatic heterocycles. The monoisotopic (exact) mass is 392 g/mol. The third-order valence-corrected chi connectivity index (χ3v) is 6.43. The van der Waals surface area contributed by atoms with Gasteiger partial charge in [-0.3, -0.25) is 4.79 Å². The summed E-state index contributed by atoms with van der Waals surface area (Å²) in [5.74, 6) is -1.24. The number of aliphatic hydroxyl groups excluding tert-OH is 1. The molecule has 6 atom stereocenters. The number of hydrogen-bond donors (Lipinski definition) is 1. The van der Waals surface area contributed by atoms with Crippen LogP contribution in [0.1, 0.15) is 59.3 Å². The molecule has 0 amide bonds. The number of ether oxygens (including phenoxy) is 3. The number of rotatable bonds is 1. The molecule has 1 N–H and O–H groups in total. The molecule has 6 nitrogen and oxygen atoms in total. The Labute approximate surface area is 166 Å². The van der Waals surface area contributed by atoms with Crippen LogP contribution < -0.4 is 0 Å². The number of allylic oxidation sites excluding steroid dienone is 2. The fourth-order valence-electron chi connectivity index (χ4n) is 4.49. The lowest BCUT2D eigenvalue weighted by Gasteiger charge is -2.32. The third kappa shape index (κ3) is 4.49. The van der Waals surface area contributed by atoms with Crippen molar-refractivity contribution >= 4 is 11.9 Å². The zero-order chi connectivity index (χ0) is 20.5. The third-order valence-electron chi connectivity index (χ3n) is 6.43. The maximum atomic E-state index is 12.3. The molecule has 2 heterocycles. The predicted octanol–water partition coefficient (Wildman–Crippen LogP) is 3.08. The van der Waals surface area contributed by atoms with Crippen LogP contribution in [0, 0.1) is 11.8 Å². The maximum Gasteiger partial charge on any atom is 0.334 e. The van der Waals surface area contributed by atoms with Crippen molar-refractivity contribution in [3.63, 3.8) is 0 Å². The van der Waals surface area contributed by atoms with Crippen molar-refractivity contribution in [1.29, 1.82) is 0 Å². The van der Waals surface area contributed by atoms with E-state index in [0.717, 1.165) is 32.1 Å². The highest BCUT2D eigenvalue weighted by atomic mass is 16.6. The number of esters is 2. The summed E-state index contributed by atoms with van der Waals surface area (Å²) in [5.41, 5.74) is 1.10. The minimum atomic E-state index is -0.726. The van der Waals surface area contributed by atoms with Gasteiger partial charge in [-0.1, -0.05) is 25.2 Å². The summed E-state index contributed by atoms with van der Waals surface area (Å²) in [5, 5.41) is 10.9. The van der Waals surface area contributed by atoms with Gasteiger partial charge >= 0.3 is 11.9 Å². The summed E-state index contributed by atoms with van der Waals surface area (Å²) in [7, 11) is 0. The Bertz CT molecular complexity index is 662. The van der Waals surface area contributed by atoms with Crippen LogP contribution in [0.5, 0.6) is 0 Å². The van der Waals surface area contributed by atoms with Gasteiger partial charge in [0.25, 0.3) is 0 Å². The molecule has 28 heavy (non-hydrogen) atoms. The Balaban J connectivity index is 1.89. The first-order valence-electron chi connectivity index (χ1n) is 10.3. The molecule has 6 heteroatoms. The second-order valence-corrected chi connectivity index (χ2v) is 8.64. The second kappa shape index (κ2) is 8.37. The minimum absolute atomic E-state index is 0.0223. The van der Waals surface area contributed by atoms with E-state index in [1.54, 1.807) is 0 Å². The molecule has 0 aromatic carbocycles. The van der Waals surface area contributed by atoms with E-state index in [9.17, 15) is 14.7 Å². The first kappa shape index (κ1) is 21.1. The lowest BCUT2D eigenvalue weighted by atomic mass is 9.80. The lowest BCUT2D eigenvalue weighted by molar-refractivity contribution is -0.166. The van der Waals surface area contributed by atoms with Gasteiger partial charge in [0, 0.05) is 18.4 Å². The number of carbonyl (C=O) groups is 2. The zero-order valence-electron chi connectivity index (χ0n) is 17.1. The van der Waals surface area contributed by atoms with Gasteiger partial charge in [0.05, 0.1) is 12.7 Å². The molecular formula is C22H32O6. The molecule has 2 aliphatic heterocycles. The molecule has 0 bridgehead atoms. The van der Waals surface area contributed by atoms with Crippen molar-refractivity contribution < 1.29 is 28.9 Å². The van der Waals surface area contributed by atoms with E-state index in [0.29, 0.717) is 18.6 Å². The summed E-state index contributed by atoms with van der Waals surface area (Å²) in [6.07, 6.45) is 5.02. The van der Waals surface area contributed by atoms with E-state index in [1.807, 2.05) is 6.92 Å². The number of aliphatic hydroxyl groups is 1. The SMILES string of the molecule is C=C1C(=O)O[C@H]2[C@H](OC(C)=O)[C@@H](C)CCC/C(C)=C/CC[C@]3(CO3)[C@H](O)C[C@@H]12. The van der Waals surface area contributed by atoms with Crippen LogP contribution in [0.15, 0.2) is 23.8 Å². The molecule has 156 valence electrons. The first-order valence-corrected chi connectivity index (χ1v) is 10.3. The lowest BCUT2D eigenvalue weighted by Crippen LogP contribution is -2.42. The van der Waals surface area contributed by atoms with Crippen molar-refractivity contribution in [2.75, 3.05) is 6.61 Å². The molecule has 0 radical (unpaired) electrons. The average Bonchev–Trinajstić information content (AvgIpc) is 3.36. The molecule has 0 saturated carbocycles. The summed E-state index contributed by atoms with van der Waals surface area (Å²) in [6, 6.07) is 0. The van der Waals surface area contributed by atoms with E-state index in [-0.39, 0.29) is 5.92 Å². The maximum absolute atomic E-state index is 12.3. The van der Waals surface area contributed by atoms with Crippen LogP contribution in [0.2, 0.25) is 0 Å². The molecular weight excluding hydrogens is 360 g/mol. The summed E-state index contributed by atoms with van der Waals surface area (Å²) < 4.78 is 16.9. The molecule has 0 aromatic rings. The van der Waals surface area contributed by atoms with Gasteiger partial charge in [0.2, 0.25) is 0 Å². The van der Waals surface area contributed by atoms with Gasteiger partial charge in [-0.05, 0) is 51.4 Å². The van der Waals surface area contributed by atoms with E-state index in [2.05, 4.69) is 19.6 Å². The van der Waals surface area contributed by atoms with Crippen LogP contribution in [0.3, 0.4) is 0 Å². The Morgan fingerprint density at radius 1 is 1.43 bits per heavy atom. The molecule has 2 fully saturated rings. The van der Waals surface area contributed by atoms with Crippen LogP contribution >= 0.6 is 0 Å². The van der Waals surface area contributed by atoms with E-state index in [1.165, 1.54) is 12.5 Å². The van der Waals surface area contributed by atoms with Crippen LogP contribution in [0.25, 0.3) is 0 Å². The van der Waals surface area contributed by atoms with Crippen molar-refractivity contribution in [2.45, 2.75) is 83.2 Å². The van der Waals surface area contributed by atoms with Gasteiger partial charge in [0.15, 0.2) is 0 Å². The van der Waals surface area contributed by atoms with Gasteiger partial charge in [-0.15, -0.1) is 0 Å². The Morgan fingerprint density at radius 3 is 2.79 bits per heavy atom. The molecule has 3 aliphatic rings. The Kier molecular flexibility index (Phi) is 6.30. The van der Waals surface area contributed by atoms with Crippen molar-refractivity contribution in [3.05, 3.63) is 23.8 Å².